The van der Waals surface area contributed by atoms with Crippen LogP contribution in [0, 0.1) is 13.8 Å². The Morgan fingerprint density at radius 1 is 1.10 bits per heavy atom. The molecule has 0 aliphatic rings. The number of nitrogens with two attached hydrogens (primary N) is 1. The highest BCUT2D eigenvalue weighted by molar-refractivity contribution is 6.09. The first kappa shape index (κ1) is 14.1. The first-order valence-corrected chi connectivity index (χ1v) is 6.77. The molecule has 0 unspecified atom stereocenters. The summed E-state index contributed by atoms with van der Waals surface area (Å²) in [6, 6.07) is 13.5. The van der Waals surface area contributed by atoms with Gasteiger partial charge in [0.2, 0.25) is 0 Å². The van der Waals surface area contributed by atoms with Crippen LogP contribution in [0.15, 0.2) is 42.5 Å². The minimum atomic E-state index is -0.0596. The van der Waals surface area contributed by atoms with Crippen molar-refractivity contribution in [1.29, 1.82) is 0 Å². The zero-order valence-electron chi connectivity index (χ0n) is 12.2. The summed E-state index contributed by atoms with van der Waals surface area (Å²) in [6.45, 7) is 6.55. The summed E-state index contributed by atoms with van der Waals surface area (Å²) in [5.41, 5.74) is 10.1. The lowest BCUT2D eigenvalue weighted by molar-refractivity contribution is 0.0989. The van der Waals surface area contributed by atoms with Crippen molar-refractivity contribution in [2.75, 3.05) is 17.2 Å². The third-order valence-electron chi connectivity index (χ3n) is 3.31. The second kappa shape index (κ2) is 5.78. The van der Waals surface area contributed by atoms with Crippen molar-refractivity contribution in [2.45, 2.75) is 20.8 Å². The Balaban J connectivity index is 2.39. The van der Waals surface area contributed by atoms with Crippen molar-refractivity contribution >= 4 is 17.3 Å². The summed E-state index contributed by atoms with van der Waals surface area (Å²) in [5, 5.41) is 0. The van der Waals surface area contributed by atoms with Crippen molar-refractivity contribution in [1.82, 2.24) is 0 Å². The highest BCUT2D eigenvalue weighted by Gasteiger charge is 2.18. The molecule has 0 aromatic heterocycles. The molecule has 0 atom stereocenters. The van der Waals surface area contributed by atoms with E-state index in [1.54, 1.807) is 11.0 Å². The smallest absolute Gasteiger partial charge is 0.260 e. The summed E-state index contributed by atoms with van der Waals surface area (Å²) in [5.74, 6) is -0.0596. The third-order valence-corrected chi connectivity index (χ3v) is 3.31. The molecule has 2 rings (SSSR count). The van der Waals surface area contributed by atoms with Crippen molar-refractivity contribution in [2.24, 2.45) is 0 Å². The topological polar surface area (TPSA) is 46.3 Å². The number of rotatable bonds is 3. The van der Waals surface area contributed by atoms with Crippen LogP contribution in [0.3, 0.4) is 0 Å². The summed E-state index contributed by atoms with van der Waals surface area (Å²) >= 11 is 0. The van der Waals surface area contributed by atoms with E-state index in [1.807, 2.05) is 57.2 Å². The molecule has 2 aromatic rings. The molecular formula is C17H20N2O. The summed E-state index contributed by atoms with van der Waals surface area (Å²) in [7, 11) is 0. The van der Waals surface area contributed by atoms with E-state index in [0.717, 1.165) is 16.8 Å². The molecule has 2 aromatic carbocycles. The predicted molar refractivity (Wildman–Crippen MR) is 84.1 cm³/mol. The molecule has 3 nitrogen and oxygen atoms in total. The van der Waals surface area contributed by atoms with Gasteiger partial charge in [-0.15, -0.1) is 0 Å². The molecule has 0 bridgehead atoms. The molecule has 0 saturated heterocycles. The zero-order valence-corrected chi connectivity index (χ0v) is 12.2. The number of carbonyl (C=O) groups excluding carboxylic acids is 1. The Morgan fingerprint density at radius 3 is 2.40 bits per heavy atom. The average Bonchev–Trinajstić information content (AvgIpc) is 2.39. The van der Waals surface area contributed by atoms with Gasteiger partial charge in [0, 0.05) is 17.9 Å². The van der Waals surface area contributed by atoms with Gasteiger partial charge in [-0.3, -0.25) is 4.79 Å². The van der Waals surface area contributed by atoms with Gasteiger partial charge in [-0.2, -0.15) is 0 Å². The van der Waals surface area contributed by atoms with Crippen LogP contribution in [-0.4, -0.2) is 12.5 Å². The molecule has 20 heavy (non-hydrogen) atoms. The van der Waals surface area contributed by atoms with Crippen molar-refractivity contribution in [3.05, 3.63) is 59.2 Å². The lowest BCUT2D eigenvalue weighted by Crippen LogP contribution is -2.31. The van der Waals surface area contributed by atoms with Crippen LogP contribution in [-0.2, 0) is 0 Å². The molecule has 3 heteroatoms. The van der Waals surface area contributed by atoms with Crippen LogP contribution in [0.2, 0.25) is 0 Å². The van der Waals surface area contributed by atoms with Gasteiger partial charge in [0.15, 0.2) is 0 Å². The van der Waals surface area contributed by atoms with E-state index in [-0.39, 0.29) is 5.91 Å². The van der Waals surface area contributed by atoms with Gasteiger partial charge in [0.05, 0.1) is 5.56 Å². The molecule has 0 spiro atoms. The fourth-order valence-electron chi connectivity index (χ4n) is 2.26. The van der Waals surface area contributed by atoms with Crippen molar-refractivity contribution < 1.29 is 4.79 Å². The second-order valence-electron chi connectivity index (χ2n) is 4.98. The molecule has 0 fully saturated rings. The van der Waals surface area contributed by atoms with Crippen LogP contribution >= 0.6 is 0 Å². The standard InChI is InChI=1S/C17H20N2O/c1-4-19(14-7-5-6-12(2)10-14)17(20)15-9-8-13(3)11-16(15)18/h5-11H,4,18H2,1-3H3. The monoisotopic (exact) mass is 268 g/mol. The largest absolute Gasteiger partial charge is 0.398 e. The number of nitrogen functional groups attached to an aromatic ring is 1. The number of amides is 1. The van der Waals surface area contributed by atoms with Gasteiger partial charge in [-0.25, -0.2) is 0 Å². The molecule has 0 radical (unpaired) electrons. The quantitative estimate of drug-likeness (QED) is 0.865. The Morgan fingerprint density at radius 2 is 1.80 bits per heavy atom. The fourth-order valence-corrected chi connectivity index (χ4v) is 2.26. The normalized spacial score (nSPS) is 10.3. The Hall–Kier alpha value is -2.29. The van der Waals surface area contributed by atoms with Crippen molar-refractivity contribution in [3.63, 3.8) is 0 Å². The molecule has 0 aliphatic carbocycles. The fraction of sp³-hybridized carbons (Fsp3) is 0.235. The maximum absolute atomic E-state index is 12.7. The van der Waals surface area contributed by atoms with E-state index in [9.17, 15) is 4.79 Å². The minimum Gasteiger partial charge on any atom is -0.398 e. The number of carbonyl (C=O) groups is 1. The molecule has 0 aliphatic heterocycles. The lowest BCUT2D eigenvalue weighted by Gasteiger charge is -2.22. The molecule has 104 valence electrons. The van der Waals surface area contributed by atoms with E-state index in [2.05, 4.69) is 0 Å². The Labute approximate surface area is 120 Å². The maximum Gasteiger partial charge on any atom is 0.260 e. The van der Waals surface area contributed by atoms with E-state index >= 15 is 0 Å². The molecule has 2 N–H and O–H groups in total. The highest BCUT2D eigenvalue weighted by Crippen LogP contribution is 2.21. The zero-order chi connectivity index (χ0) is 14.7. The predicted octanol–water partition coefficient (Wildman–Crippen LogP) is 3.55. The number of hydrogen-bond donors (Lipinski definition) is 1. The van der Waals surface area contributed by atoms with Gasteiger partial charge in [0.1, 0.15) is 0 Å². The highest BCUT2D eigenvalue weighted by atomic mass is 16.2. The Kier molecular flexibility index (Phi) is 4.08. The minimum absolute atomic E-state index is 0.0596. The van der Waals surface area contributed by atoms with Gasteiger partial charge in [-0.05, 0) is 56.2 Å². The Bertz CT molecular complexity index is 635. The first-order valence-electron chi connectivity index (χ1n) is 6.77. The average molecular weight is 268 g/mol. The molecular weight excluding hydrogens is 248 g/mol. The van der Waals surface area contributed by atoms with Gasteiger partial charge < -0.3 is 10.6 Å². The summed E-state index contributed by atoms with van der Waals surface area (Å²) < 4.78 is 0. The van der Waals surface area contributed by atoms with Crippen LogP contribution < -0.4 is 10.6 Å². The van der Waals surface area contributed by atoms with Crippen molar-refractivity contribution in [3.8, 4) is 0 Å². The second-order valence-corrected chi connectivity index (χ2v) is 4.98. The van der Waals surface area contributed by atoms with Crippen LogP contribution in [0.4, 0.5) is 11.4 Å². The SMILES string of the molecule is CCN(C(=O)c1ccc(C)cc1N)c1cccc(C)c1. The lowest BCUT2D eigenvalue weighted by atomic mass is 10.1. The number of anilines is 2. The number of nitrogens with zero attached hydrogens (tertiary/aromatic N) is 1. The van der Waals surface area contributed by atoms with Gasteiger partial charge in [0.25, 0.3) is 5.91 Å². The van der Waals surface area contributed by atoms with E-state index < -0.39 is 0 Å². The number of aryl methyl sites for hydroxylation is 2. The molecule has 0 saturated carbocycles. The number of benzene rings is 2. The van der Waals surface area contributed by atoms with E-state index in [1.165, 1.54) is 0 Å². The van der Waals surface area contributed by atoms with Crippen LogP contribution in [0.25, 0.3) is 0 Å². The van der Waals surface area contributed by atoms with Crippen LogP contribution in [0.1, 0.15) is 28.4 Å². The summed E-state index contributed by atoms with van der Waals surface area (Å²) in [4.78, 5) is 14.4. The van der Waals surface area contributed by atoms with E-state index in [4.69, 9.17) is 5.73 Å². The first-order chi connectivity index (χ1) is 9.52. The van der Waals surface area contributed by atoms with E-state index in [0.29, 0.717) is 17.8 Å². The molecule has 1 amide bonds. The molecule has 0 heterocycles. The number of hydrogen-bond acceptors (Lipinski definition) is 2. The third kappa shape index (κ3) is 2.82. The van der Waals surface area contributed by atoms with Gasteiger partial charge in [-0.1, -0.05) is 18.2 Å². The van der Waals surface area contributed by atoms with Crippen LogP contribution in [0.5, 0.6) is 0 Å². The van der Waals surface area contributed by atoms with Gasteiger partial charge >= 0.3 is 0 Å². The summed E-state index contributed by atoms with van der Waals surface area (Å²) in [6.07, 6.45) is 0. The maximum atomic E-state index is 12.7.